The van der Waals surface area contributed by atoms with Crippen LogP contribution in [0.4, 0.5) is 4.39 Å². The molecule has 0 saturated carbocycles. The highest BCUT2D eigenvalue weighted by molar-refractivity contribution is 7.16. The number of ether oxygens (including phenoxy) is 1. The summed E-state index contributed by atoms with van der Waals surface area (Å²) in [5.41, 5.74) is 2.33. The van der Waals surface area contributed by atoms with Gasteiger partial charge in [-0.25, -0.2) is 9.37 Å². The van der Waals surface area contributed by atoms with Crippen molar-refractivity contribution < 1.29 is 24.1 Å². The number of phenols is 1. The normalized spacial score (nSPS) is 17.7. The summed E-state index contributed by atoms with van der Waals surface area (Å²) in [7, 11) is 0. The van der Waals surface area contributed by atoms with Crippen LogP contribution in [-0.2, 0) is 29.0 Å². The van der Waals surface area contributed by atoms with Gasteiger partial charge in [-0.05, 0) is 55.1 Å². The number of carbonyl (C=O) groups excluding carboxylic acids is 1. The van der Waals surface area contributed by atoms with Crippen LogP contribution in [0.1, 0.15) is 42.1 Å². The van der Waals surface area contributed by atoms with Crippen LogP contribution in [0.15, 0.2) is 47.8 Å². The molecule has 45 heavy (non-hydrogen) atoms. The standard InChI is InChI=1S/C31H38FN7O5S/c32-23-14-21(3-7-33-16-26(41)24-1-2-25(40)28-29(24)45-30(43)36-28)13-22(15-23)17-37-9-5-31(6-10-37)18-38(11-12-44-31)27(42)4-8-39-20-34-19-35-39/h1-2,13-15,19-20,26,33,40-41H,3-12,16-18H2,(H,36,43)/t26-/m0/s1. The predicted molar refractivity (Wildman–Crippen MR) is 166 cm³/mol. The van der Waals surface area contributed by atoms with E-state index >= 15 is 0 Å². The van der Waals surface area contributed by atoms with E-state index in [0.29, 0.717) is 68.0 Å². The number of aromatic hydroxyl groups is 1. The highest BCUT2D eigenvalue weighted by Crippen LogP contribution is 2.32. The second-order valence-corrected chi connectivity index (χ2v) is 12.8. The van der Waals surface area contributed by atoms with E-state index in [2.05, 4.69) is 25.3 Å². The van der Waals surface area contributed by atoms with Crippen LogP contribution in [0.3, 0.4) is 0 Å². The van der Waals surface area contributed by atoms with Gasteiger partial charge in [0.15, 0.2) is 0 Å². The molecule has 14 heteroatoms. The number of likely N-dealkylation sites (tertiary alicyclic amines) is 1. The van der Waals surface area contributed by atoms with Gasteiger partial charge in [0.25, 0.3) is 0 Å². The molecule has 4 N–H and O–H groups in total. The first-order valence-electron chi connectivity index (χ1n) is 15.3. The molecule has 1 spiro atoms. The van der Waals surface area contributed by atoms with Gasteiger partial charge in [-0.3, -0.25) is 19.2 Å². The molecule has 2 saturated heterocycles. The highest BCUT2D eigenvalue weighted by Gasteiger charge is 2.40. The lowest BCUT2D eigenvalue weighted by molar-refractivity contribution is -0.160. The minimum atomic E-state index is -0.872. The molecule has 2 aromatic heterocycles. The number of benzene rings is 2. The summed E-state index contributed by atoms with van der Waals surface area (Å²) in [6, 6.07) is 8.22. The fourth-order valence-corrected chi connectivity index (χ4v) is 7.21. The maximum atomic E-state index is 14.6. The summed E-state index contributed by atoms with van der Waals surface area (Å²) in [6.45, 7) is 5.22. The van der Waals surface area contributed by atoms with Crippen molar-refractivity contribution in [3.8, 4) is 5.75 Å². The Morgan fingerprint density at radius 3 is 2.82 bits per heavy atom. The largest absolute Gasteiger partial charge is 0.506 e. The third-order valence-electron chi connectivity index (χ3n) is 8.69. The summed E-state index contributed by atoms with van der Waals surface area (Å²) in [4.78, 5) is 35.1. The van der Waals surface area contributed by atoms with E-state index in [-0.39, 0.29) is 34.5 Å². The number of nitrogens with zero attached hydrogens (tertiary/aromatic N) is 5. The fraction of sp³-hybridized carbons (Fsp3) is 0.484. The number of phenolic OH excluding ortho intramolecular Hbond substituents is 1. The van der Waals surface area contributed by atoms with Gasteiger partial charge in [-0.1, -0.05) is 23.5 Å². The monoisotopic (exact) mass is 639 g/mol. The number of fused-ring (bicyclic) bond motifs is 1. The highest BCUT2D eigenvalue weighted by atomic mass is 32.1. The SMILES string of the molecule is O=C(CCn1cncn1)N1CCOC2(CCN(Cc3cc(F)cc(CCNC[C@H](O)c4ccc(O)c5[nH]c(=O)sc45)c3)CC2)C1. The van der Waals surface area contributed by atoms with E-state index in [1.807, 2.05) is 11.0 Å². The predicted octanol–water partition coefficient (Wildman–Crippen LogP) is 2.18. The summed E-state index contributed by atoms with van der Waals surface area (Å²) >= 11 is 0.952. The zero-order valence-electron chi connectivity index (χ0n) is 25.0. The fourth-order valence-electron chi connectivity index (χ4n) is 6.29. The van der Waals surface area contributed by atoms with Crippen molar-refractivity contribution in [3.63, 3.8) is 0 Å². The number of aliphatic hydroxyl groups is 1. The van der Waals surface area contributed by atoms with Crippen molar-refractivity contribution >= 4 is 27.5 Å². The van der Waals surface area contributed by atoms with Gasteiger partial charge in [0.05, 0.1) is 29.6 Å². The number of halogens is 1. The summed E-state index contributed by atoms with van der Waals surface area (Å²) < 4.78 is 23.0. The summed E-state index contributed by atoms with van der Waals surface area (Å²) in [6.07, 6.45) is 4.78. The van der Waals surface area contributed by atoms with Crippen LogP contribution in [0.2, 0.25) is 0 Å². The van der Waals surface area contributed by atoms with Crippen molar-refractivity contribution in [1.82, 2.24) is 34.9 Å². The number of thiazole rings is 1. The average Bonchev–Trinajstić information content (AvgIpc) is 3.69. The molecule has 0 bridgehead atoms. The van der Waals surface area contributed by atoms with Crippen LogP contribution in [-0.4, -0.2) is 97.1 Å². The Kier molecular flexibility index (Phi) is 9.56. The van der Waals surface area contributed by atoms with Gasteiger partial charge in [-0.2, -0.15) is 5.10 Å². The van der Waals surface area contributed by atoms with Gasteiger partial charge in [-0.15, -0.1) is 0 Å². The molecule has 240 valence electrons. The molecule has 2 aliphatic heterocycles. The Morgan fingerprint density at radius 2 is 2.02 bits per heavy atom. The van der Waals surface area contributed by atoms with E-state index in [1.165, 1.54) is 18.5 Å². The zero-order chi connectivity index (χ0) is 31.4. The number of amides is 1. The quantitative estimate of drug-likeness (QED) is 0.181. The lowest BCUT2D eigenvalue weighted by Gasteiger charge is -2.47. The Morgan fingerprint density at radius 1 is 1.20 bits per heavy atom. The molecule has 0 radical (unpaired) electrons. The Labute approximate surface area is 263 Å². The Bertz CT molecular complexity index is 1670. The maximum absolute atomic E-state index is 14.6. The number of hydrogen-bond acceptors (Lipinski definition) is 10. The van der Waals surface area contributed by atoms with Crippen LogP contribution in [0, 0.1) is 5.82 Å². The molecule has 4 heterocycles. The van der Waals surface area contributed by atoms with Gasteiger partial charge in [0, 0.05) is 51.3 Å². The molecule has 4 aromatic rings. The zero-order valence-corrected chi connectivity index (χ0v) is 25.8. The van der Waals surface area contributed by atoms with Crippen molar-refractivity contribution in [1.29, 1.82) is 0 Å². The molecule has 2 aliphatic rings. The number of aryl methyl sites for hydroxylation is 1. The first-order chi connectivity index (χ1) is 21.8. The molecule has 0 unspecified atom stereocenters. The van der Waals surface area contributed by atoms with E-state index in [9.17, 15) is 24.2 Å². The molecule has 6 rings (SSSR count). The van der Waals surface area contributed by atoms with Crippen LogP contribution < -0.4 is 10.2 Å². The van der Waals surface area contributed by atoms with Gasteiger partial charge < -0.3 is 30.2 Å². The topological polar surface area (TPSA) is 149 Å². The van der Waals surface area contributed by atoms with Crippen molar-refractivity contribution in [2.75, 3.05) is 45.9 Å². The third-order valence-corrected chi connectivity index (χ3v) is 9.62. The molecule has 2 fully saturated rings. The van der Waals surface area contributed by atoms with Gasteiger partial charge in [0.2, 0.25) is 5.91 Å². The van der Waals surface area contributed by atoms with Gasteiger partial charge in [0.1, 0.15) is 29.7 Å². The number of hydrogen-bond donors (Lipinski definition) is 4. The van der Waals surface area contributed by atoms with E-state index in [0.717, 1.165) is 48.4 Å². The molecular formula is C31H38FN7O5S. The first kappa shape index (κ1) is 31.3. The Balaban J connectivity index is 0.968. The number of carbonyl (C=O) groups is 1. The number of aromatic nitrogens is 4. The van der Waals surface area contributed by atoms with Crippen molar-refractivity contribution in [2.24, 2.45) is 0 Å². The average molecular weight is 640 g/mol. The van der Waals surface area contributed by atoms with Crippen LogP contribution >= 0.6 is 11.3 Å². The number of H-pyrrole nitrogens is 1. The number of piperidine rings is 1. The third kappa shape index (κ3) is 7.59. The number of rotatable bonds is 11. The Hall–Kier alpha value is -3.69. The van der Waals surface area contributed by atoms with Crippen LogP contribution in [0.5, 0.6) is 5.75 Å². The molecule has 2 aromatic carbocycles. The lowest BCUT2D eigenvalue weighted by atomic mass is 9.89. The number of nitrogens with one attached hydrogen (secondary N) is 2. The first-order valence-corrected chi connectivity index (χ1v) is 16.1. The molecule has 12 nitrogen and oxygen atoms in total. The smallest absolute Gasteiger partial charge is 0.305 e. The molecule has 1 amide bonds. The number of aliphatic hydroxyl groups excluding tert-OH is 1. The molecule has 1 atom stereocenters. The van der Waals surface area contributed by atoms with Crippen molar-refractivity contribution in [3.05, 3.63) is 75.2 Å². The van der Waals surface area contributed by atoms with E-state index in [1.54, 1.807) is 23.1 Å². The van der Waals surface area contributed by atoms with Crippen molar-refractivity contribution in [2.45, 2.75) is 50.5 Å². The lowest BCUT2D eigenvalue weighted by Crippen LogP contribution is -2.58. The van der Waals surface area contributed by atoms with Crippen LogP contribution in [0.25, 0.3) is 10.2 Å². The molecular weight excluding hydrogens is 601 g/mol. The number of morpholine rings is 1. The van der Waals surface area contributed by atoms with Gasteiger partial charge >= 0.3 is 4.87 Å². The van der Waals surface area contributed by atoms with E-state index < -0.39 is 6.10 Å². The number of aromatic amines is 1. The minimum absolute atomic E-state index is 0.0323. The van der Waals surface area contributed by atoms with E-state index in [4.69, 9.17) is 4.74 Å². The second-order valence-electron chi connectivity index (χ2n) is 11.9. The summed E-state index contributed by atoms with van der Waals surface area (Å²) in [5.74, 6) is -0.209. The maximum Gasteiger partial charge on any atom is 0.305 e. The summed E-state index contributed by atoms with van der Waals surface area (Å²) in [5, 5.41) is 28.0. The minimum Gasteiger partial charge on any atom is -0.506 e. The molecule has 0 aliphatic carbocycles. The second kappa shape index (κ2) is 13.7.